The molecule has 1 aromatic carbocycles. The Morgan fingerprint density at radius 3 is 2.77 bits per heavy atom. The van der Waals surface area contributed by atoms with Gasteiger partial charge in [0, 0.05) is 12.0 Å². The summed E-state index contributed by atoms with van der Waals surface area (Å²) >= 11 is 0. The molecule has 1 fully saturated rings. The number of carbonyl (C=O) groups is 1. The van der Waals surface area contributed by atoms with Gasteiger partial charge in [0.05, 0.1) is 20.3 Å². The third-order valence-electron chi connectivity index (χ3n) is 4.23. The van der Waals surface area contributed by atoms with Crippen LogP contribution in [0.2, 0.25) is 0 Å². The number of hydrogen-bond acceptors (Lipinski definition) is 6. The molecule has 2 aliphatic rings. The zero-order valence-electron chi connectivity index (χ0n) is 12.9. The van der Waals surface area contributed by atoms with Crippen molar-refractivity contribution in [2.75, 3.05) is 14.2 Å². The van der Waals surface area contributed by atoms with E-state index in [4.69, 9.17) is 18.9 Å². The van der Waals surface area contributed by atoms with Gasteiger partial charge in [-0.25, -0.2) is 4.79 Å². The normalized spacial score (nSPS) is 26.1. The number of ether oxygens (including phenoxy) is 4. The SMILES string of the molecule is CCC[C@@H]1C[C@@H]2OC(=O)c3c(cc(OC)c(OC)c3O)[C@H]2O1. The Bertz CT molecular complexity index is 597. The lowest BCUT2D eigenvalue weighted by molar-refractivity contribution is -0.0235. The molecule has 0 unspecified atom stereocenters. The molecule has 0 aliphatic carbocycles. The van der Waals surface area contributed by atoms with Crippen molar-refractivity contribution in [3.8, 4) is 17.2 Å². The van der Waals surface area contributed by atoms with Gasteiger partial charge >= 0.3 is 5.97 Å². The fraction of sp³-hybridized carbons (Fsp3) is 0.562. The Kier molecular flexibility index (Phi) is 3.87. The Morgan fingerprint density at radius 1 is 1.36 bits per heavy atom. The van der Waals surface area contributed by atoms with Gasteiger partial charge in [0.1, 0.15) is 17.8 Å². The number of methoxy groups -OCH3 is 2. The molecule has 2 heterocycles. The van der Waals surface area contributed by atoms with Crippen molar-refractivity contribution < 1.29 is 28.8 Å². The lowest BCUT2D eigenvalue weighted by Gasteiger charge is -2.28. The molecular formula is C16H20O6. The van der Waals surface area contributed by atoms with E-state index in [-0.39, 0.29) is 35.4 Å². The summed E-state index contributed by atoms with van der Waals surface area (Å²) in [5, 5.41) is 10.3. The number of hydrogen-bond donors (Lipinski definition) is 1. The average molecular weight is 308 g/mol. The Morgan fingerprint density at radius 2 is 2.14 bits per heavy atom. The van der Waals surface area contributed by atoms with E-state index in [0.717, 1.165) is 12.8 Å². The average Bonchev–Trinajstić information content (AvgIpc) is 2.89. The first-order valence-corrected chi connectivity index (χ1v) is 7.44. The van der Waals surface area contributed by atoms with E-state index >= 15 is 0 Å². The zero-order valence-corrected chi connectivity index (χ0v) is 12.9. The molecule has 2 aliphatic heterocycles. The molecule has 0 amide bonds. The monoisotopic (exact) mass is 308 g/mol. The molecule has 120 valence electrons. The maximum Gasteiger partial charge on any atom is 0.342 e. The maximum absolute atomic E-state index is 12.2. The summed E-state index contributed by atoms with van der Waals surface area (Å²) in [6.45, 7) is 2.09. The first-order valence-electron chi connectivity index (χ1n) is 7.44. The number of aromatic hydroxyl groups is 1. The molecule has 0 saturated carbocycles. The van der Waals surface area contributed by atoms with Gasteiger partial charge in [0.2, 0.25) is 5.75 Å². The number of esters is 1. The highest BCUT2D eigenvalue weighted by molar-refractivity contribution is 5.97. The highest BCUT2D eigenvalue weighted by Crippen LogP contribution is 2.49. The van der Waals surface area contributed by atoms with Crippen LogP contribution in [0.25, 0.3) is 0 Å². The molecular weight excluding hydrogens is 288 g/mol. The number of benzene rings is 1. The molecule has 22 heavy (non-hydrogen) atoms. The molecule has 1 N–H and O–H groups in total. The van der Waals surface area contributed by atoms with E-state index in [9.17, 15) is 9.90 Å². The van der Waals surface area contributed by atoms with Gasteiger partial charge in [-0.15, -0.1) is 0 Å². The van der Waals surface area contributed by atoms with Crippen molar-refractivity contribution in [3.63, 3.8) is 0 Å². The van der Waals surface area contributed by atoms with Crippen LogP contribution in [-0.4, -0.2) is 37.5 Å². The number of rotatable bonds is 4. The lowest BCUT2D eigenvalue weighted by Crippen LogP contribution is -2.29. The molecule has 0 aromatic heterocycles. The van der Waals surface area contributed by atoms with Crippen LogP contribution >= 0.6 is 0 Å². The Balaban J connectivity index is 2.07. The molecule has 0 spiro atoms. The largest absolute Gasteiger partial charge is 0.504 e. The van der Waals surface area contributed by atoms with Gasteiger partial charge in [0.25, 0.3) is 0 Å². The van der Waals surface area contributed by atoms with Crippen molar-refractivity contribution in [1.29, 1.82) is 0 Å². The third-order valence-corrected chi connectivity index (χ3v) is 4.23. The van der Waals surface area contributed by atoms with Gasteiger partial charge < -0.3 is 24.1 Å². The summed E-state index contributed by atoms with van der Waals surface area (Å²) in [5.41, 5.74) is 0.714. The number of carbonyl (C=O) groups excluding carboxylic acids is 1. The van der Waals surface area contributed by atoms with E-state index in [1.807, 2.05) is 0 Å². The summed E-state index contributed by atoms with van der Waals surface area (Å²) in [6.07, 6.45) is 1.98. The van der Waals surface area contributed by atoms with Gasteiger partial charge in [-0.1, -0.05) is 13.3 Å². The van der Waals surface area contributed by atoms with E-state index in [2.05, 4.69) is 6.92 Å². The highest BCUT2D eigenvalue weighted by Gasteiger charge is 2.46. The molecule has 6 nitrogen and oxygen atoms in total. The first-order chi connectivity index (χ1) is 10.6. The first kappa shape index (κ1) is 15.0. The van der Waals surface area contributed by atoms with Crippen LogP contribution in [0.5, 0.6) is 17.2 Å². The molecule has 1 saturated heterocycles. The van der Waals surface area contributed by atoms with Gasteiger partial charge in [0.15, 0.2) is 11.5 Å². The standard InChI is InChI=1S/C16H20O6/c1-4-5-8-6-11-14(21-8)9-7-10(19-2)15(20-3)13(17)12(9)16(18)22-11/h7-8,11,14,17H,4-6H2,1-3H3/t8-,11+,14-/m1/s1. The van der Waals surface area contributed by atoms with Crippen LogP contribution in [0.1, 0.15) is 48.2 Å². The third kappa shape index (κ3) is 2.18. The van der Waals surface area contributed by atoms with Crippen LogP contribution in [0, 0.1) is 0 Å². The molecule has 3 atom stereocenters. The fourth-order valence-electron chi connectivity index (χ4n) is 3.25. The summed E-state index contributed by atoms with van der Waals surface area (Å²) < 4.78 is 21.8. The fourth-order valence-corrected chi connectivity index (χ4v) is 3.25. The minimum absolute atomic E-state index is 0.0639. The maximum atomic E-state index is 12.2. The predicted octanol–water partition coefficient (Wildman–Crippen LogP) is 2.58. The van der Waals surface area contributed by atoms with Crippen molar-refractivity contribution in [2.24, 2.45) is 0 Å². The second-order valence-electron chi connectivity index (χ2n) is 5.57. The van der Waals surface area contributed by atoms with Gasteiger partial charge in [-0.05, 0) is 12.5 Å². The highest BCUT2D eigenvalue weighted by atomic mass is 16.6. The predicted molar refractivity (Wildman–Crippen MR) is 77.6 cm³/mol. The summed E-state index contributed by atoms with van der Waals surface area (Å²) in [4.78, 5) is 12.2. The number of fused-ring (bicyclic) bond motifs is 3. The minimum Gasteiger partial charge on any atom is -0.504 e. The molecule has 0 radical (unpaired) electrons. The molecule has 1 aromatic rings. The van der Waals surface area contributed by atoms with Gasteiger partial charge in [-0.3, -0.25) is 0 Å². The summed E-state index contributed by atoms with van der Waals surface area (Å²) in [5.74, 6) is -0.312. The molecule has 6 heteroatoms. The van der Waals surface area contributed by atoms with E-state index in [1.54, 1.807) is 6.07 Å². The van der Waals surface area contributed by atoms with Crippen molar-refractivity contribution in [1.82, 2.24) is 0 Å². The second-order valence-corrected chi connectivity index (χ2v) is 5.57. The van der Waals surface area contributed by atoms with Crippen molar-refractivity contribution >= 4 is 5.97 Å². The second kappa shape index (κ2) is 5.68. The summed E-state index contributed by atoms with van der Waals surface area (Å²) in [7, 11) is 2.89. The number of phenols is 1. The zero-order chi connectivity index (χ0) is 15.9. The van der Waals surface area contributed by atoms with Crippen molar-refractivity contribution in [3.05, 3.63) is 17.2 Å². The minimum atomic E-state index is -0.546. The Labute approximate surface area is 128 Å². The Hall–Kier alpha value is -1.95. The quantitative estimate of drug-likeness (QED) is 0.862. The van der Waals surface area contributed by atoms with E-state index < -0.39 is 5.97 Å². The van der Waals surface area contributed by atoms with Gasteiger partial charge in [-0.2, -0.15) is 0 Å². The van der Waals surface area contributed by atoms with E-state index in [0.29, 0.717) is 17.7 Å². The lowest BCUT2D eigenvalue weighted by atomic mass is 9.93. The van der Waals surface area contributed by atoms with Crippen LogP contribution in [-0.2, 0) is 9.47 Å². The van der Waals surface area contributed by atoms with Crippen LogP contribution in [0.4, 0.5) is 0 Å². The molecule has 0 bridgehead atoms. The van der Waals surface area contributed by atoms with Crippen LogP contribution in [0.15, 0.2) is 6.07 Å². The topological polar surface area (TPSA) is 74.2 Å². The molecule has 3 rings (SSSR count). The van der Waals surface area contributed by atoms with Crippen LogP contribution in [0.3, 0.4) is 0 Å². The smallest absolute Gasteiger partial charge is 0.342 e. The summed E-state index contributed by atoms with van der Waals surface area (Å²) in [6, 6.07) is 1.69. The van der Waals surface area contributed by atoms with E-state index in [1.165, 1.54) is 14.2 Å². The number of phenolic OH excluding ortho intramolecular Hbond substituents is 1. The van der Waals surface area contributed by atoms with Crippen molar-refractivity contribution in [2.45, 2.75) is 44.5 Å². The van der Waals surface area contributed by atoms with Crippen LogP contribution < -0.4 is 9.47 Å².